The third-order valence-corrected chi connectivity index (χ3v) is 3.15. The Hall–Kier alpha value is -1.33. The topological polar surface area (TPSA) is 36.4 Å². The van der Waals surface area contributed by atoms with Crippen molar-refractivity contribution in [3.05, 3.63) is 29.8 Å². The van der Waals surface area contributed by atoms with Crippen LogP contribution in [-0.4, -0.2) is 60.8 Å². The van der Waals surface area contributed by atoms with E-state index in [-0.39, 0.29) is 5.78 Å². The lowest BCUT2D eigenvalue weighted by atomic mass is 10.1. The Morgan fingerprint density at radius 1 is 1.24 bits per heavy atom. The summed E-state index contributed by atoms with van der Waals surface area (Å²) in [6.45, 7) is 7.94. The molecule has 1 heterocycles. The van der Waals surface area contributed by atoms with E-state index in [2.05, 4.69) is 28.6 Å². The number of hydrogen-bond donors (Lipinski definition) is 0. The molecule has 0 aromatic carbocycles. The molecular weight excluding hydrogens is 269 g/mol. The van der Waals surface area contributed by atoms with Crippen LogP contribution in [0.1, 0.15) is 30.8 Å². The molecule has 0 aliphatic carbocycles. The molecule has 1 rings (SSSR count). The Morgan fingerprint density at radius 3 is 2.48 bits per heavy atom. The van der Waals surface area contributed by atoms with Crippen molar-refractivity contribution in [1.82, 2.24) is 14.8 Å². The first kappa shape index (κ1) is 17.7. The number of nitrogens with zero attached hydrogens (tertiary/aromatic N) is 3. The van der Waals surface area contributed by atoms with Gasteiger partial charge in [-0.3, -0.25) is 9.78 Å². The van der Waals surface area contributed by atoms with Gasteiger partial charge in [-0.05, 0) is 32.1 Å². The second-order valence-electron chi connectivity index (χ2n) is 6.03. The van der Waals surface area contributed by atoms with Gasteiger partial charge in [-0.15, -0.1) is 0 Å². The predicted octanol–water partition coefficient (Wildman–Crippen LogP) is 2.31. The summed E-state index contributed by atoms with van der Waals surface area (Å²) >= 11 is 0. The number of Topliss-reactive ketones (excluding diaryl/α,β-unsaturated/α-hetero) is 1. The van der Waals surface area contributed by atoms with Gasteiger partial charge in [0.2, 0.25) is 0 Å². The molecule has 5 heteroatoms. The van der Waals surface area contributed by atoms with Gasteiger partial charge in [0.15, 0.2) is 5.78 Å². The minimum atomic E-state index is -0.418. The first-order valence-corrected chi connectivity index (χ1v) is 7.40. The Morgan fingerprint density at radius 2 is 1.95 bits per heavy atom. The van der Waals surface area contributed by atoms with Crippen LogP contribution >= 0.6 is 0 Å². The number of aromatic nitrogens is 1. The second-order valence-corrected chi connectivity index (χ2v) is 6.03. The standard InChI is InChI=1S/C16H26FN3O/c1-13(2)12-20(10-9-19(3)4)8-7-16(21)15-6-5-14(17)11-18-15/h5-6,11,13H,7-10,12H2,1-4H3. The number of halogens is 1. The highest BCUT2D eigenvalue weighted by Crippen LogP contribution is 2.05. The zero-order valence-corrected chi connectivity index (χ0v) is 13.5. The first-order valence-electron chi connectivity index (χ1n) is 7.40. The van der Waals surface area contributed by atoms with Crippen LogP contribution in [-0.2, 0) is 0 Å². The summed E-state index contributed by atoms with van der Waals surface area (Å²) in [5, 5.41) is 0. The molecule has 0 N–H and O–H groups in total. The quantitative estimate of drug-likeness (QED) is 0.655. The molecule has 0 saturated heterocycles. The van der Waals surface area contributed by atoms with E-state index in [0.29, 0.717) is 24.6 Å². The molecule has 0 bridgehead atoms. The van der Waals surface area contributed by atoms with Crippen LogP contribution in [0.4, 0.5) is 4.39 Å². The van der Waals surface area contributed by atoms with Gasteiger partial charge in [-0.1, -0.05) is 13.8 Å². The molecule has 118 valence electrons. The van der Waals surface area contributed by atoms with Gasteiger partial charge in [0.05, 0.1) is 6.20 Å². The van der Waals surface area contributed by atoms with Crippen LogP contribution in [0.2, 0.25) is 0 Å². The van der Waals surface area contributed by atoms with Gasteiger partial charge in [0, 0.05) is 32.6 Å². The van der Waals surface area contributed by atoms with Crippen LogP contribution in [0.25, 0.3) is 0 Å². The minimum Gasteiger partial charge on any atom is -0.308 e. The zero-order valence-electron chi connectivity index (χ0n) is 13.5. The van der Waals surface area contributed by atoms with Crippen molar-refractivity contribution in [2.24, 2.45) is 5.92 Å². The summed E-state index contributed by atoms with van der Waals surface area (Å²) in [4.78, 5) is 20.3. The number of rotatable bonds is 9. The molecule has 0 unspecified atom stereocenters. The first-order chi connectivity index (χ1) is 9.88. The third-order valence-electron chi connectivity index (χ3n) is 3.15. The molecule has 0 atom stereocenters. The fourth-order valence-corrected chi connectivity index (χ4v) is 2.08. The second kappa shape index (κ2) is 8.85. The smallest absolute Gasteiger partial charge is 0.182 e. The van der Waals surface area contributed by atoms with Crippen molar-refractivity contribution in [3.8, 4) is 0 Å². The molecule has 0 saturated carbocycles. The highest BCUT2D eigenvalue weighted by Gasteiger charge is 2.12. The minimum absolute atomic E-state index is 0.0337. The lowest BCUT2D eigenvalue weighted by Gasteiger charge is -2.25. The molecule has 21 heavy (non-hydrogen) atoms. The summed E-state index contributed by atoms with van der Waals surface area (Å²) in [7, 11) is 4.09. The number of likely N-dealkylation sites (N-methyl/N-ethyl adjacent to an activating group) is 1. The third kappa shape index (κ3) is 7.29. The van der Waals surface area contributed by atoms with E-state index in [1.54, 1.807) is 0 Å². The molecule has 0 aliphatic rings. The maximum Gasteiger partial charge on any atom is 0.182 e. The molecule has 0 amide bonds. The molecule has 0 spiro atoms. The van der Waals surface area contributed by atoms with Crippen LogP contribution in [0.3, 0.4) is 0 Å². The Labute approximate surface area is 127 Å². The van der Waals surface area contributed by atoms with Gasteiger partial charge in [0.25, 0.3) is 0 Å². The summed E-state index contributed by atoms with van der Waals surface area (Å²) in [6, 6.07) is 2.72. The van der Waals surface area contributed by atoms with Gasteiger partial charge in [0.1, 0.15) is 11.5 Å². The monoisotopic (exact) mass is 295 g/mol. The van der Waals surface area contributed by atoms with Gasteiger partial charge in [-0.25, -0.2) is 4.39 Å². The summed E-state index contributed by atoms with van der Waals surface area (Å²) in [6.07, 6.45) is 1.50. The van der Waals surface area contributed by atoms with Crippen molar-refractivity contribution in [3.63, 3.8) is 0 Å². The number of carbonyl (C=O) groups excluding carboxylic acids is 1. The number of ketones is 1. The predicted molar refractivity (Wildman–Crippen MR) is 83.0 cm³/mol. The van der Waals surface area contributed by atoms with E-state index >= 15 is 0 Å². The fourth-order valence-electron chi connectivity index (χ4n) is 2.08. The van der Waals surface area contributed by atoms with Gasteiger partial charge >= 0.3 is 0 Å². The highest BCUT2D eigenvalue weighted by molar-refractivity contribution is 5.94. The van der Waals surface area contributed by atoms with Gasteiger partial charge in [-0.2, -0.15) is 0 Å². The molecule has 1 aromatic heterocycles. The van der Waals surface area contributed by atoms with Crippen molar-refractivity contribution in [2.75, 3.05) is 40.3 Å². The van der Waals surface area contributed by atoms with Crippen LogP contribution in [0.15, 0.2) is 18.3 Å². The average Bonchev–Trinajstić information content (AvgIpc) is 2.41. The average molecular weight is 295 g/mol. The highest BCUT2D eigenvalue weighted by atomic mass is 19.1. The van der Waals surface area contributed by atoms with Gasteiger partial charge < -0.3 is 9.80 Å². The number of pyridine rings is 1. The lowest BCUT2D eigenvalue weighted by molar-refractivity contribution is 0.0953. The Balaban J connectivity index is 2.50. The van der Waals surface area contributed by atoms with E-state index in [4.69, 9.17) is 0 Å². The fraction of sp³-hybridized carbons (Fsp3) is 0.625. The summed E-state index contributed by atoms with van der Waals surface area (Å²) < 4.78 is 12.8. The maximum atomic E-state index is 12.8. The van der Waals surface area contributed by atoms with Crippen LogP contribution < -0.4 is 0 Å². The van der Waals surface area contributed by atoms with Crippen LogP contribution in [0.5, 0.6) is 0 Å². The lowest BCUT2D eigenvalue weighted by Crippen LogP contribution is -2.35. The van der Waals surface area contributed by atoms with E-state index < -0.39 is 5.82 Å². The van der Waals surface area contributed by atoms with Crippen molar-refractivity contribution < 1.29 is 9.18 Å². The number of carbonyl (C=O) groups is 1. The van der Waals surface area contributed by atoms with E-state index in [0.717, 1.165) is 25.8 Å². The summed E-state index contributed by atoms with van der Waals surface area (Å²) in [5.74, 6) is 0.110. The van der Waals surface area contributed by atoms with Crippen LogP contribution in [0, 0.1) is 11.7 Å². The van der Waals surface area contributed by atoms with Crippen molar-refractivity contribution in [2.45, 2.75) is 20.3 Å². The maximum absolute atomic E-state index is 12.8. The largest absolute Gasteiger partial charge is 0.308 e. The Kier molecular flexibility index (Phi) is 7.47. The molecule has 4 nitrogen and oxygen atoms in total. The van der Waals surface area contributed by atoms with Crippen molar-refractivity contribution in [1.29, 1.82) is 0 Å². The van der Waals surface area contributed by atoms with E-state index in [9.17, 15) is 9.18 Å². The number of hydrogen-bond acceptors (Lipinski definition) is 4. The molecule has 0 fully saturated rings. The molecule has 0 radical (unpaired) electrons. The molecular formula is C16H26FN3O. The van der Waals surface area contributed by atoms with E-state index in [1.165, 1.54) is 12.1 Å². The molecule has 1 aromatic rings. The zero-order chi connectivity index (χ0) is 15.8. The van der Waals surface area contributed by atoms with Crippen molar-refractivity contribution >= 4 is 5.78 Å². The molecule has 0 aliphatic heterocycles. The summed E-state index contributed by atoms with van der Waals surface area (Å²) in [5.41, 5.74) is 0.341. The van der Waals surface area contributed by atoms with E-state index in [1.807, 2.05) is 14.1 Å². The normalized spacial score (nSPS) is 11.6. The SMILES string of the molecule is CC(C)CN(CCC(=O)c1ccc(F)cn1)CCN(C)C. The Bertz CT molecular complexity index is 432.